The van der Waals surface area contributed by atoms with Crippen molar-refractivity contribution < 1.29 is 29.0 Å². The van der Waals surface area contributed by atoms with Crippen molar-refractivity contribution in [2.75, 3.05) is 24.7 Å². The first-order chi connectivity index (χ1) is 16.3. The summed E-state index contributed by atoms with van der Waals surface area (Å²) in [6, 6.07) is 5.28. The number of fused-ring (bicyclic) bond motifs is 1. The summed E-state index contributed by atoms with van der Waals surface area (Å²) in [6.45, 7) is 7.46. The molecule has 1 N–H and O–H groups in total. The third kappa shape index (κ3) is 3.72. The molecule has 0 saturated carbocycles. The molecule has 3 saturated heterocycles. The minimum Gasteiger partial charge on any atom is -0.466 e. The van der Waals surface area contributed by atoms with E-state index in [1.807, 2.05) is 6.92 Å². The van der Waals surface area contributed by atoms with Gasteiger partial charge in [0.15, 0.2) is 0 Å². The third-order valence-electron chi connectivity index (χ3n) is 7.32. The molecule has 9 heteroatoms. The fourth-order valence-electron chi connectivity index (χ4n) is 5.90. The third-order valence-corrected chi connectivity index (χ3v) is 7.57. The minimum absolute atomic E-state index is 0.194. The fraction of sp³-hybridized carbons (Fsp3) is 0.560. The molecular formula is C25H31ClN2O6. The van der Waals surface area contributed by atoms with Crippen molar-refractivity contribution in [3.63, 3.8) is 0 Å². The maximum Gasteiger partial charge on any atom is 0.312 e. The SMILES string of the molecule is C=CCN(C(=O)[C@@H]1N([C@@H](CC)CO)C(=O)[C@H]2[C@H](C(=O)OCC)[C@@H]3CC[C@]12O3)c1ccc(Cl)cc1. The van der Waals surface area contributed by atoms with Crippen molar-refractivity contribution >= 4 is 35.1 Å². The molecule has 3 fully saturated rings. The summed E-state index contributed by atoms with van der Waals surface area (Å²) in [5.74, 6) is -2.74. The largest absolute Gasteiger partial charge is 0.466 e. The number of carbonyl (C=O) groups excluding carboxylic acids is 3. The minimum atomic E-state index is -1.15. The standard InChI is InChI=1S/C25H31ClN2O6/c1-4-13-27(17-9-7-15(26)8-10-17)23(31)21-25-12-11-18(34-25)19(24(32)33-6-3)20(25)22(30)28(21)16(5-2)14-29/h4,7-10,16,18-21,29H,1,5-6,11-14H2,2-3H3/t16-,18-,19+,20+,21-,25+/m0/s1. The number of halogens is 1. The van der Waals surface area contributed by atoms with Gasteiger partial charge in [-0.25, -0.2) is 0 Å². The van der Waals surface area contributed by atoms with E-state index < -0.39 is 41.6 Å². The highest BCUT2D eigenvalue weighted by atomic mass is 35.5. The number of carbonyl (C=O) groups is 3. The van der Waals surface area contributed by atoms with Crippen LogP contribution < -0.4 is 4.90 Å². The summed E-state index contributed by atoms with van der Waals surface area (Å²) >= 11 is 6.05. The van der Waals surface area contributed by atoms with Crippen LogP contribution in [0.4, 0.5) is 5.69 Å². The molecule has 3 aliphatic heterocycles. The first-order valence-electron chi connectivity index (χ1n) is 11.8. The molecule has 34 heavy (non-hydrogen) atoms. The summed E-state index contributed by atoms with van der Waals surface area (Å²) in [6.07, 6.45) is 2.62. The van der Waals surface area contributed by atoms with E-state index >= 15 is 0 Å². The predicted molar refractivity (Wildman–Crippen MR) is 126 cm³/mol. The Morgan fingerprint density at radius 2 is 2.09 bits per heavy atom. The normalized spacial score (nSPS) is 30.2. The number of benzene rings is 1. The average Bonchev–Trinajstić information content (AvgIpc) is 3.47. The topological polar surface area (TPSA) is 96.4 Å². The molecule has 184 valence electrons. The number of aliphatic hydroxyl groups is 1. The summed E-state index contributed by atoms with van der Waals surface area (Å²) in [5.41, 5.74) is -0.543. The number of ether oxygens (including phenoxy) is 2. The van der Waals surface area contributed by atoms with Crippen LogP contribution in [0, 0.1) is 11.8 Å². The Kier molecular flexibility index (Phi) is 7.03. The van der Waals surface area contributed by atoms with Crippen molar-refractivity contribution in [2.24, 2.45) is 11.8 Å². The molecule has 0 unspecified atom stereocenters. The van der Waals surface area contributed by atoms with Crippen LogP contribution in [0.15, 0.2) is 36.9 Å². The summed E-state index contributed by atoms with van der Waals surface area (Å²) < 4.78 is 11.7. The Balaban J connectivity index is 1.80. The predicted octanol–water partition coefficient (Wildman–Crippen LogP) is 2.57. The van der Waals surface area contributed by atoms with E-state index in [0.717, 1.165) is 0 Å². The average molecular weight is 491 g/mol. The lowest BCUT2D eigenvalue weighted by Gasteiger charge is -2.39. The Morgan fingerprint density at radius 1 is 1.38 bits per heavy atom. The van der Waals surface area contributed by atoms with E-state index in [1.165, 1.54) is 4.90 Å². The zero-order valence-corrected chi connectivity index (χ0v) is 20.2. The second-order valence-corrected chi connectivity index (χ2v) is 9.45. The quantitative estimate of drug-likeness (QED) is 0.422. The number of hydrogen-bond donors (Lipinski definition) is 1. The van der Waals surface area contributed by atoms with Crippen molar-refractivity contribution in [1.29, 1.82) is 0 Å². The Bertz CT molecular complexity index is 965. The smallest absolute Gasteiger partial charge is 0.312 e. The molecule has 8 nitrogen and oxygen atoms in total. The molecule has 0 aromatic heterocycles. The highest BCUT2D eigenvalue weighted by Gasteiger charge is 2.75. The molecule has 1 aromatic carbocycles. The maximum atomic E-state index is 14.2. The zero-order valence-electron chi connectivity index (χ0n) is 19.5. The molecule has 1 aromatic rings. The van der Waals surface area contributed by atoms with Crippen LogP contribution in [0.2, 0.25) is 5.02 Å². The summed E-state index contributed by atoms with van der Waals surface area (Å²) in [4.78, 5) is 43.9. The highest BCUT2D eigenvalue weighted by Crippen LogP contribution is 2.59. The molecule has 6 atom stereocenters. The van der Waals surface area contributed by atoms with Gasteiger partial charge in [0.05, 0.1) is 37.2 Å². The van der Waals surface area contributed by atoms with Crippen LogP contribution >= 0.6 is 11.6 Å². The number of nitrogens with zero attached hydrogens (tertiary/aromatic N) is 2. The van der Waals surface area contributed by atoms with Gasteiger partial charge in [0.25, 0.3) is 5.91 Å². The van der Waals surface area contributed by atoms with Crippen molar-refractivity contribution in [2.45, 2.75) is 56.9 Å². The van der Waals surface area contributed by atoms with E-state index in [0.29, 0.717) is 30.0 Å². The number of anilines is 1. The van der Waals surface area contributed by atoms with Crippen LogP contribution in [0.5, 0.6) is 0 Å². The maximum absolute atomic E-state index is 14.2. The van der Waals surface area contributed by atoms with Gasteiger partial charge in [0.1, 0.15) is 11.6 Å². The van der Waals surface area contributed by atoms with E-state index in [1.54, 1.807) is 42.2 Å². The van der Waals surface area contributed by atoms with Gasteiger partial charge >= 0.3 is 5.97 Å². The second-order valence-electron chi connectivity index (χ2n) is 9.01. The second kappa shape index (κ2) is 9.68. The Hall–Kier alpha value is -2.42. The van der Waals surface area contributed by atoms with E-state index in [-0.39, 0.29) is 31.6 Å². The molecule has 0 aliphatic carbocycles. The van der Waals surface area contributed by atoms with Gasteiger partial charge in [-0.3, -0.25) is 14.4 Å². The lowest BCUT2D eigenvalue weighted by Crippen LogP contribution is -2.59. The molecule has 3 heterocycles. The summed E-state index contributed by atoms with van der Waals surface area (Å²) in [7, 11) is 0. The number of esters is 1. The van der Waals surface area contributed by atoms with Gasteiger partial charge in [0, 0.05) is 17.3 Å². The molecule has 0 radical (unpaired) electrons. The van der Waals surface area contributed by atoms with Gasteiger partial charge in [-0.05, 0) is 50.5 Å². The van der Waals surface area contributed by atoms with Gasteiger partial charge in [-0.2, -0.15) is 0 Å². The number of rotatable bonds is 9. The van der Waals surface area contributed by atoms with E-state index in [4.69, 9.17) is 21.1 Å². The van der Waals surface area contributed by atoms with Gasteiger partial charge in [0.2, 0.25) is 5.91 Å². The molecule has 2 amide bonds. The van der Waals surface area contributed by atoms with Crippen LogP contribution in [0.25, 0.3) is 0 Å². The molecule has 2 bridgehead atoms. The molecule has 4 rings (SSSR count). The molecule has 1 spiro atoms. The number of amides is 2. The number of hydrogen-bond acceptors (Lipinski definition) is 6. The zero-order chi connectivity index (χ0) is 24.6. The van der Waals surface area contributed by atoms with Crippen LogP contribution in [0.3, 0.4) is 0 Å². The van der Waals surface area contributed by atoms with Crippen LogP contribution in [-0.2, 0) is 23.9 Å². The first-order valence-corrected chi connectivity index (χ1v) is 12.2. The van der Waals surface area contributed by atoms with Crippen LogP contribution in [0.1, 0.15) is 33.1 Å². The fourth-order valence-corrected chi connectivity index (χ4v) is 6.03. The number of aliphatic hydroxyl groups excluding tert-OH is 1. The highest BCUT2D eigenvalue weighted by molar-refractivity contribution is 6.30. The first kappa shape index (κ1) is 24.7. The van der Waals surface area contributed by atoms with E-state index in [2.05, 4.69) is 6.58 Å². The van der Waals surface area contributed by atoms with Gasteiger partial charge in [-0.1, -0.05) is 24.6 Å². The van der Waals surface area contributed by atoms with E-state index in [9.17, 15) is 19.5 Å². The van der Waals surface area contributed by atoms with Crippen molar-refractivity contribution in [3.05, 3.63) is 41.9 Å². The Labute approximate surface area is 204 Å². The monoisotopic (exact) mass is 490 g/mol. The molecular weight excluding hydrogens is 460 g/mol. The van der Waals surface area contributed by atoms with Gasteiger partial charge in [-0.15, -0.1) is 6.58 Å². The summed E-state index contributed by atoms with van der Waals surface area (Å²) in [5, 5.41) is 10.6. The van der Waals surface area contributed by atoms with Crippen molar-refractivity contribution in [3.8, 4) is 0 Å². The number of likely N-dealkylation sites (tertiary alicyclic amines) is 1. The Morgan fingerprint density at radius 3 is 2.68 bits per heavy atom. The van der Waals surface area contributed by atoms with Gasteiger partial charge < -0.3 is 24.4 Å². The lowest BCUT2D eigenvalue weighted by molar-refractivity contribution is -0.155. The molecule has 3 aliphatic rings. The van der Waals surface area contributed by atoms with Crippen molar-refractivity contribution in [1.82, 2.24) is 4.90 Å². The van der Waals surface area contributed by atoms with Crippen LogP contribution in [-0.4, -0.2) is 71.3 Å². The lowest BCUT2D eigenvalue weighted by atomic mass is 9.70.